The number of furan rings is 1. The summed E-state index contributed by atoms with van der Waals surface area (Å²) in [5, 5.41) is 0.446. The zero-order valence-electron chi connectivity index (χ0n) is 19.1. The van der Waals surface area contributed by atoms with Crippen molar-refractivity contribution in [3.63, 3.8) is 0 Å². The summed E-state index contributed by atoms with van der Waals surface area (Å²) in [5.74, 6) is 1.13. The van der Waals surface area contributed by atoms with Gasteiger partial charge in [0, 0.05) is 17.6 Å². The van der Waals surface area contributed by atoms with Crippen molar-refractivity contribution in [2.75, 3.05) is 13.1 Å². The monoisotopic (exact) mass is 488 g/mol. The van der Waals surface area contributed by atoms with Crippen molar-refractivity contribution in [1.29, 1.82) is 0 Å². The van der Waals surface area contributed by atoms with Gasteiger partial charge in [-0.2, -0.15) is 4.31 Å². The number of halogens is 1. The fourth-order valence-corrected chi connectivity index (χ4v) is 5.19. The quantitative estimate of drug-likeness (QED) is 0.406. The van der Waals surface area contributed by atoms with Gasteiger partial charge in [-0.15, -0.1) is 0 Å². The molecule has 33 heavy (non-hydrogen) atoms. The van der Waals surface area contributed by atoms with Gasteiger partial charge in [-0.25, -0.2) is 8.42 Å². The largest absolute Gasteiger partial charge is 0.464 e. The zero-order valence-corrected chi connectivity index (χ0v) is 20.6. The number of carbonyl (C=O) groups is 1. The molecule has 1 heterocycles. The van der Waals surface area contributed by atoms with Gasteiger partial charge in [-0.05, 0) is 69.2 Å². The van der Waals surface area contributed by atoms with E-state index < -0.39 is 16.1 Å². The number of nitrogens with zero attached hydrogens (tertiary/aromatic N) is 2. The normalized spacial score (nSPS) is 11.8. The Bertz CT molecular complexity index is 1160. The van der Waals surface area contributed by atoms with Crippen LogP contribution in [0.1, 0.15) is 30.9 Å². The third-order valence-electron chi connectivity index (χ3n) is 5.30. The molecule has 0 aliphatic rings. The summed E-state index contributed by atoms with van der Waals surface area (Å²) in [7, 11) is -3.88. The second-order valence-corrected chi connectivity index (χ2v) is 10.5. The standard InChI is InChI=1S/C25H29ClN2O4S/c1-19(2)28(33(30,31)24-13-10-22(26)11-14-24)18-25(29)27(17-23-12-9-20(3)32-23)16-15-21-7-5-4-6-8-21/h4-14,19H,15-18H2,1-3H3. The molecule has 0 N–H and O–H groups in total. The highest BCUT2D eigenvalue weighted by molar-refractivity contribution is 7.89. The molecule has 3 aromatic rings. The molecule has 6 nitrogen and oxygen atoms in total. The van der Waals surface area contributed by atoms with E-state index in [4.69, 9.17) is 16.0 Å². The molecule has 0 saturated heterocycles. The van der Waals surface area contributed by atoms with E-state index in [2.05, 4.69) is 0 Å². The van der Waals surface area contributed by atoms with Crippen molar-refractivity contribution < 1.29 is 17.6 Å². The number of hydrogen-bond acceptors (Lipinski definition) is 4. The van der Waals surface area contributed by atoms with Crippen molar-refractivity contribution in [3.8, 4) is 0 Å². The van der Waals surface area contributed by atoms with Crippen LogP contribution in [0.15, 0.2) is 76.0 Å². The molecular weight excluding hydrogens is 460 g/mol. The van der Waals surface area contributed by atoms with Crippen LogP contribution in [-0.4, -0.2) is 42.7 Å². The second kappa shape index (κ2) is 11.0. The van der Waals surface area contributed by atoms with E-state index in [1.54, 1.807) is 18.7 Å². The molecule has 0 fully saturated rings. The number of rotatable bonds is 10. The van der Waals surface area contributed by atoms with Crippen molar-refractivity contribution in [1.82, 2.24) is 9.21 Å². The van der Waals surface area contributed by atoms with Crippen LogP contribution in [0.4, 0.5) is 0 Å². The Morgan fingerprint density at radius 2 is 1.67 bits per heavy atom. The summed E-state index contributed by atoms with van der Waals surface area (Å²) >= 11 is 5.92. The summed E-state index contributed by atoms with van der Waals surface area (Å²) in [6.07, 6.45) is 0.651. The summed E-state index contributed by atoms with van der Waals surface area (Å²) in [5.41, 5.74) is 1.10. The van der Waals surface area contributed by atoms with E-state index in [9.17, 15) is 13.2 Å². The van der Waals surface area contributed by atoms with E-state index in [1.165, 1.54) is 28.6 Å². The Morgan fingerprint density at radius 1 is 1.00 bits per heavy atom. The van der Waals surface area contributed by atoms with Crippen LogP contribution in [0.5, 0.6) is 0 Å². The lowest BCUT2D eigenvalue weighted by atomic mass is 10.1. The first kappa shape index (κ1) is 25.0. The SMILES string of the molecule is Cc1ccc(CN(CCc2ccccc2)C(=O)CN(C(C)C)S(=O)(=O)c2ccc(Cl)cc2)o1. The lowest BCUT2D eigenvalue weighted by molar-refractivity contribution is -0.132. The van der Waals surface area contributed by atoms with Gasteiger partial charge >= 0.3 is 0 Å². The molecule has 0 aliphatic heterocycles. The molecule has 2 aromatic carbocycles. The third-order valence-corrected chi connectivity index (χ3v) is 7.58. The third kappa shape index (κ3) is 6.69. The first-order chi connectivity index (χ1) is 15.7. The highest BCUT2D eigenvalue weighted by Crippen LogP contribution is 2.21. The predicted molar refractivity (Wildman–Crippen MR) is 129 cm³/mol. The van der Waals surface area contributed by atoms with Crippen LogP contribution in [0.3, 0.4) is 0 Å². The predicted octanol–water partition coefficient (Wildman–Crippen LogP) is 4.91. The number of benzene rings is 2. The molecule has 1 aromatic heterocycles. The second-order valence-electron chi connectivity index (χ2n) is 8.16. The van der Waals surface area contributed by atoms with Gasteiger partial charge in [0.1, 0.15) is 11.5 Å². The molecular formula is C25H29ClN2O4S. The van der Waals surface area contributed by atoms with Crippen molar-refractivity contribution in [3.05, 3.63) is 88.8 Å². The Labute approximate surface area is 200 Å². The Morgan fingerprint density at radius 3 is 2.24 bits per heavy atom. The van der Waals surface area contributed by atoms with Crippen LogP contribution in [-0.2, 0) is 27.8 Å². The molecule has 0 spiro atoms. The molecule has 0 atom stereocenters. The smallest absolute Gasteiger partial charge is 0.243 e. The van der Waals surface area contributed by atoms with E-state index in [0.717, 1.165) is 11.3 Å². The maximum Gasteiger partial charge on any atom is 0.243 e. The molecule has 0 radical (unpaired) electrons. The van der Waals surface area contributed by atoms with Gasteiger partial charge in [-0.3, -0.25) is 4.79 Å². The number of carbonyl (C=O) groups excluding carboxylic acids is 1. The van der Waals surface area contributed by atoms with Crippen molar-refractivity contribution in [2.45, 2.75) is 44.7 Å². The van der Waals surface area contributed by atoms with Crippen LogP contribution < -0.4 is 0 Å². The molecule has 176 valence electrons. The minimum absolute atomic E-state index is 0.103. The minimum atomic E-state index is -3.88. The lowest BCUT2D eigenvalue weighted by Crippen LogP contribution is -2.46. The highest BCUT2D eigenvalue weighted by atomic mass is 35.5. The van der Waals surface area contributed by atoms with E-state index in [-0.39, 0.29) is 23.9 Å². The average molecular weight is 489 g/mol. The average Bonchev–Trinajstić information content (AvgIpc) is 3.20. The molecule has 1 amide bonds. The van der Waals surface area contributed by atoms with Gasteiger partial charge in [0.15, 0.2) is 0 Å². The summed E-state index contributed by atoms with van der Waals surface area (Å²) < 4.78 is 33.5. The summed E-state index contributed by atoms with van der Waals surface area (Å²) in [4.78, 5) is 15.1. The fourth-order valence-electron chi connectivity index (χ4n) is 3.48. The Balaban J connectivity index is 1.82. The first-order valence-electron chi connectivity index (χ1n) is 10.8. The Kier molecular flexibility index (Phi) is 8.35. The fraction of sp³-hybridized carbons (Fsp3) is 0.320. The van der Waals surface area contributed by atoms with E-state index in [1.807, 2.05) is 49.4 Å². The van der Waals surface area contributed by atoms with Crippen LogP contribution in [0.2, 0.25) is 5.02 Å². The zero-order chi connectivity index (χ0) is 24.0. The van der Waals surface area contributed by atoms with E-state index in [0.29, 0.717) is 23.7 Å². The summed E-state index contributed by atoms with van der Waals surface area (Å²) in [6.45, 7) is 5.80. The molecule has 8 heteroatoms. The highest BCUT2D eigenvalue weighted by Gasteiger charge is 2.31. The first-order valence-corrected chi connectivity index (χ1v) is 12.6. The Hall–Kier alpha value is -2.61. The summed E-state index contributed by atoms with van der Waals surface area (Å²) in [6, 6.07) is 19.1. The maximum absolute atomic E-state index is 13.4. The van der Waals surface area contributed by atoms with E-state index >= 15 is 0 Å². The molecule has 0 aliphatic carbocycles. The van der Waals surface area contributed by atoms with Gasteiger partial charge < -0.3 is 9.32 Å². The van der Waals surface area contributed by atoms with Crippen LogP contribution >= 0.6 is 11.6 Å². The van der Waals surface area contributed by atoms with Crippen molar-refractivity contribution >= 4 is 27.5 Å². The molecule has 0 unspecified atom stereocenters. The maximum atomic E-state index is 13.4. The van der Waals surface area contributed by atoms with Crippen LogP contribution in [0.25, 0.3) is 0 Å². The molecule has 3 rings (SSSR count). The minimum Gasteiger partial charge on any atom is -0.464 e. The number of hydrogen-bond donors (Lipinski definition) is 0. The van der Waals surface area contributed by atoms with Gasteiger partial charge in [0.2, 0.25) is 15.9 Å². The number of sulfonamides is 1. The lowest BCUT2D eigenvalue weighted by Gasteiger charge is -2.29. The number of amides is 1. The molecule has 0 bridgehead atoms. The van der Waals surface area contributed by atoms with Crippen molar-refractivity contribution in [2.24, 2.45) is 0 Å². The topological polar surface area (TPSA) is 70.8 Å². The number of aryl methyl sites for hydroxylation is 1. The van der Waals surface area contributed by atoms with Crippen LogP contribution in [0, 0.1) is 6.92 Å². The van der Waals surface area contributed by atoms with Gasteiger partial charge in [-0.1, -0.05) is 41.9 Å². The van der Waals surface area contributed by atoms with Gasteiger partial charge in [0.25, 0.3) is 0 Å². The van der Waals surface area contributed by atoms with Gasteiger partial charge in [0.05, 0.1) is 18.0 Å². The molecule has 0 saturated carbocycles.